The first-order valence-corrected chi connectivity index (χ1v) is 8.78. The van der Waals surface area contributed by atoms with Gasteiger partial charge in [0.25, 0.3) is 0 Å². The first-order valence-electron chi connectivity index (χ1n) is 8.78. The number of aromatic hydroxyl groups is 1. The highest BCUT2D eigenvalue weighted by Crippen LogP contribution is 2.49. The van der Waals surface area contributed by atoms with Crippen molar-refractivity contribution in [1.29, 1.82) is 0 Å². The first-order chi connectivity index (χ1) is 12.6. The molecule has 3 N–H and O–H groups in total. The summed E-state index contributed by atoms with van der Waals surface area (Å²) < 4.78 is 0. The number of fused-ring (bicyclic) bond motifs is 1. The van der Waals surface area contributed by atoms with Crippen LogP contribution in [0.1, 0.15) is 12.8 Å². The number of carbonyl (C=O) groups is 3. The van der Waals surface area contributed by atoms with E-state index in [1.54, 1.807) is 6.07 Å². The summed E-state index contributed by atoms with van der Waals surface area (Å²) in [6, 6.07) is 2.40. The number of likely N-dealkylation sites (tertiary alicyclic amines) is 1. The van der Waals surface area contributed by atoms with Gasteiger partial charge in [0.1, 0.15) is 0 Å². The van der Waals surface area contributed by atoms with Gasteiger partial charge in [-0.2, -0.15) is 0 Å². The van der Waals surface area contributed by atoms with Crippen LogP contribution in [-0.4, -0.2) is 45.9 Å². The quantitative estimate of drug-likeness (QED) is 0.553. The third-order valence-corrected chi connectivity index (χ3v) is 5.49. The van der Waals surface area contributed by atoms with E-state index in [9.17, 15) is 19.5 Å². The highest BCUT2D eigenvalue weighted by Gasteiger charge is 2.56. The minimum absolute atomic E-state index is 0.0481. The minimum atomic E-state index is -0.558. The van der Waals surface area contributed by atoms with Crippen LogP contribution < -0.4 is 10.6 Å². The highest BCUT2D eigenvalue weighted by molar-refractivity contribution is 6.06. The molecule has 4 aliphatic rings. The van der Waals surface area contributed by atoms with E-state index in [0.717, 1.165) is 12.8 Å². The third kappa shape index (κ3) is 2.71. The van der Waals surface area contributed by atoms with Crippen LogP contribution in [-0.2, 0) is 9.59 Å². The molecule has 5 rings (SSSR count). The van der Waals surface area contributed by atoms with Crippen molar-refractivity contribution in [2.45, 2.75) is 12.8 Å². The summed E-state index contributed by atoms with van der Waals surface area (Å²) in [6.07, 6.45) is 7.53. The number of carbonyl (C=O) groups excluding carboxylic acids is 3. The summed E-state index contributed by atoms with van der Waals surface area (Å²) in [5.74, 6) is -0.473. The third-order valence-electron chi connectivity index (χ3n) is 5.49. The number of anilines is 1. The average Bonchev–Trinajstić information content (AvgIpc) is 2.92. The molecule has 2 fully saturated rings. The standard InChI is InChI=1S/C18H20N4O4/c23-12-2-1-7-19-15(12)21-18(26)20-8-9-22-16(24)13-10-3-4-11(6-5-10)14(13)17(22)25/h1-4,7,10-11,13-14,23H,5-6,8-9H2,(H2,19,20,21,26)/t10-,11-,13+,14+/m0/s1. The van der Waals surface area contributed by atoms with Crippen LogP contribution in [0.4, 0.5) is 10.6 Å². The van der Waals surface area contributed by atoms with E-state index in [2.05, 4.69) is 27.8 Å². The number of imide groups is 1. The van der Waals surface area contributed by atoms with E-state index < -0.39 is 6.03 Å². The minimum Gasteiger partial charge on any atom is -0.504 e. The highest BCUT2D eigenvalue weighted by atomic mass is 16.3. The summed E-state index contributed by atoms with van der Waals surface area (Å²) in [4.78, 5) is 42.3. The van der Waals surface area contributed by atoms with Gasteiger partial charge in [0.2, 0.25) is 11.8 Å². The number of hydrogen-bond acceptors (Lipinski definition) is 5. The van der Waals surface area contributed by atoms with Crippen molar-refractivity contribution in [3.8, 4) is 5.75 Å². The second-order valence-corrected chi connectivity index (χ2v) is 6.92. The first kappa shape index (κ1) is 16.6. The maximum absolute atomic E-state index is 12.7. The van der Waals surface area contributed by atoms with Crippen molar-refractivity contribution in [3.05, 3.63) is 30.5 Å². The van der Waals surface area contributed by atoms with Crippen molar-refractivity contribution < 1.29 is 19.5 Å². The van der Waals surface area contributed by atoms with Crippen LogP contribution in [0.5, 0.6) is 5.75 Å². The van der Waals surface area contributed by atoms with E-state index in [0.29, 0.717) is 0 Å². The SMILES string of the molecule is O=C(NCCN1C(=O)[C@H]2[C@H](C1=O)[C@H]1C=C[C@H]2CC1)Nc1ncccc1O. The van der Waals surface area contributed by atoms with Gasteiger partial charge < -0.3 is 10.4 Å². The topological polar surface area (TPSA) is 112 Å². The molecule has 0 aromatic carbocycles. The molecule has 1 aromatic rings. The molecule has 1 saturated heterocycles. The average molecular weight is 356 g/mol. The van der Waals surface area contributed by atoms with Gasteiger partial charge in [0, 0.05) is 19.3 Å². The molecule has 0 unspecified atom stereocenters. The Morgan fingerprint density at radius 2 is 1.85 bits per heavy atom. The number of nitrogens with one attached hydrogen (secondary N) is 2. The lowest BCUT2D eigenvalue weighted by Gasteiger charge is -2.38. The van der Waals surface area contributed by atoms with Gasteiger partial charge in [-0.05, 0) is 36.8 Å². The Morgan fingerprint density at radius 3 is 2.42 bits per heavy atom. The molecule has 3 aliphatic carbocycles. The lowest BCUT2D eigenvalue weighted by Crippen LogP contribution is -2.40. The molecule has 4 atom stereocenters. The van der Waals surface area contributed by atoms with Crippen LogP contribution in [0.25, 0.3) is 0 Å². The molecule has 0 spiro atoms. The van der Waals surface area contributed by atoms with Crippen molar-refractivity contribution in [3.63, 3.8) is 0 Å². The Bertz CT molecular complexity index is 761. The molecule has 2 bridgehead atoms. The molecule has 2 heterocycles. The lowest BCUT2D eigenvalue weighted by molar-refractivity contribution is -0.140. The van der Waals surface area contributed by atoms with Crippen LogP contribution in [0, 0.1) is 23.7 Å². The van der Waals surface area contributed by atoms with E-state index >= 15 is 0 Å². The number of hydrogen-bond donors (Lipinski definition) is 3. The number of aromatic nitrogens is 1. The van der Waals surface area contributed by atoms with E-state index in [-0.39, 0.29) is 60.1 Å². The zero-order valence-electron chi connectivity index (χ0n) is 14.1. The summed E-state index contributed by atoms with van der Waals surface area (Å²) in [5, 5.41) is 14.6. The Morgan fingerprint density at radius 1 is 1.19 bits per heavy atom. The molecule has 4 amide bonds. The number of allylic oxidation sites excluding steroid dienone is 2. The van der Waals surface area contributed by atoms with Gasteiger partial charge in [-0.1, -0.05) is 12.2 Å². The second-order valence-electron chi connectivity index (χ2n) is 6.92. The predicted molar refractivity (Wildman–Crippen MR) is 92.0 cm³/mol. The van der Waals surface area contributed by atoms with E-state index in [1.807, 2.05) is 0 Å². The molecule has 136 valence electrons. The van der Waals surface area contributed by atoms with Crippen molar-refractivity contribution in [1.82, 2.24) is 15.2 Å². The molecule has 0 radical (unpaired) electrons. The monoisotopic (exact) mass is 356 g/mol. The van der Waals surface area contributed by atoms with Gasteiger partial charge in [0.05, 0.1) is 11.8 Å². The number of urea groups is 1. The molecular weight excluding hydrogens is 336 g/mol. The number of rotatable bonds is 4. The van der Waals surface area contributed by atoms with Gasteiger partial charge in [-0.25, -0.2) is 9.78 Å². The fraction of sp³-hybridized carbons (Fsp3) is 0.444. The summed E-state index contributed by atoms with van der Waals surface area (Å²) in [7, 11) is 0. The molecule has 1 aliphatic heterocycles. The normalized spacial score (nSPS) is 29.0. The molecule has 26 heavy (non-hydrogen) atoms. The van der Waals surface area contributed by atoms with Gasteiger partial charge in [0.15, 0.2) is 11.6 Å². The van der Waals surface area contributed by atoms with Gasteiger partial charge >= 0.3 is 6.03 Å². The molecule has 8 nitrogen and oxygen atoms in total. The zero-order valence-corrected chi connectivity index (χ0v) is 14.1. The number of nitrogens with zero attached hydrogens (tertiary/aromatic N) is 2. The fourth-order valence-electron chi connectivity index (χ4n) is 4.28. The number of pyridine rings is 1. The predicted octanol–water partition coefficient (Wildman–Crippen LogP) is 1.11. The van der Waals surface area contributed by atoms with Crippen molar-refractivity contribution in [2.24, 2.45) is 23.7 Å². The van der Waals surface area contributed by atoms with Crippen LogP contribution in [0.2, 0.25) is 0 Å². The largest absolute Gasteiger partial charge is 0.504 e. The summed E-state index contributed by atoms with van der Waals surface area (Å²) >= 11 is 0. The summed E-state index contributed by atoms with van der Waals surface area (Å²) in [5.41, 5.74) is 0. The van der Waals surface area contributed by atoms with Crippen LogP contribution in [0.15, 0.2) is 30.5 Å². The maximum atomic E-state index is 12.7. The van der Waals surface area contributed by atoms with Crippen LogP contribution in [0.3, 0.4) is 0 Å². The smallest absolute Gasteiger partial charge is 0.320 e. The molecule has 1 aromatic heterocycles. The number of amides is 4. The van der Waals surface area contributed by atoms with E-state index in [1.165, 1.54) is 17.2 Å². The van der Waals surface area contributed by atoms with Crippen LogP contribution >= 0.6 is 0 Å². The summed E-state index contributed by atoms with van der Waals surface area (Å²) in [6.45, 7) is 0.283. The Labute approximate surface area is 150 Å². The van der Waals surface area contributed by atoms with Crippen molar-refractivity contribution in [2.75, 3.05) is 18.4 Å². The Hall–Kier alpha value is -2.90. The van der Waals surface area contributed by atoms with Gasteiger partial charge in [-0.3, -0.25) is 19.8 Å². The lowest BCUT2D eigenvalue weighted by atomic mass is 9.63. The molecular formula is C18H20N4O4. The zero-order chi connectivity index (χ0) is 18.3. The molecule has 1 saturated carbocycles. The van der Waals surface area contributed by atoms with E-state index in [4.69, 9.17) is 0 Å². The van der Waals surface area contributed by atoms with Crippen molar-refractivity contribution >= 4 is 23.7 Å². The molecule has 8 heteroatoms. The Balaban J connectivity index is 1.33. The van der Waals surface area contributed by atoms with Gasteiger partial charge in [-0.15, -0.1) is 0 Å². The Kier molecular flexibility index (Phi) is 4.10. The second kappa shape index (κ2) is 6.44. The maximum Gasteiger partial charge on any atom is 0.320 e. The fourth-order valence-corrected chi connectivity index (χ4v) is 4.28.